The fourth-order valence-corrected chi connectivity index (χ4v) is 3.29. The summed E-state index contributed by atoms with van der Waals surface area (Å²) in [6, 6.07) is 11.4. The van der Waals surface area contributed by atoms with Crippen LogP contribution in [0, 0.1) is 0 Å². The standard InChI is InChI=1S/C17H21N3O3S/c1-3-20(4-2)17(21)14-8-7-10-16(12-14)24(22,23)19-13-15-9-5-6-11-18-15/h5-12,19H,3-4,13H2,1-2H3. The largest absolute Gasteiger partial charge is 0.339 e. The van der Waals surface area contributed by atoms with E-state index in [0.717, 1.165) is 0 Å². The molecule has 0 saturated heterocycles. The molecule has 0 fully saturated rings. The molecular weight excluding hydrogens is 326 g/mol. The van der Waals surface area contributed by atoms with Gasteiger partial charge in [0.1, 0.15) is 0 Å². The van der Waals surface area contributed by atoms with Gasteiger partial charge in [0.2, 0.25) is 10.0 Å². The minimum absolute atomic E-state index is 0.0661. The summed E-state index contributed by atoms with van der Waals surface area (Å²) in [4.78, 5) is 18.2. The van der Waals surface area contributed by atoms with E-state index in [1.807, 2.05) is 13.8 Å². The lowest BCUT2D eigenvalue weighted by Crippen LogP contribution is -2.30. The summed E-state index contributed by atoms with van der Waals surface area (Å²) < 4.78 is 27.4. The number of hydrogen-bond donors (Lipinski definition) is 1. The number of sulfonamides is 1. The van der Waals surface area contributed by atoms with Gasteiger partial charge in [-0.15, -0.1) is 0 Å². The van der Waals surface area contributed by atoms with E-state index >= 15 is 0 Å². The second kappa shape index (κ2) is 8.03. The molecule has 1 amide bonds. The van der Waals surface area contributed by atoms with Crippen molar-refractivity contribution < 1.29 is 13.2 Å². The molecule has 0 bridgehead atoms. The van der Waals surface area contributed by atoms with E-state index in [4.69, 9.17) is 0 Å². The molecule has 0 spiro atoms. The Bertz CT molecular complexity index is 788. The van der Waals surface area contributed by atoms with Gasteiger partial charge in [-0.2, -0.15) is 0 Å². The summed E-state index contributed by atoms with van der Waals surface area (Å²) >= 11 is 0. The minimum Gasteiger partial charge on any atom is -0.339 e. The zero-order chi connectivity index (χ0) is 17.6. The summed E-state index contributed by atoms with van der Waals surface area (Å²) in [5.41, 5.74) is 0.982. The number of carbonyl (C=O) groups is 1. The van der Waals surface area contributed by atoms with Crippen LogP contribution >= 0.6 is 0 Å². The Morgan fingerprint density at radius 2 is 1.88 bits per heavy atom. The van der Waals surface area contributed by atoms with Crippen LogP contribution in [0.5, 0.6) is 0 Å². The van der Waals surface area contributed by atoms with Crippen molar-refractivity contribution in [2.75, 3.05) is 13.1 Å². The fraction of sp³-hybridized carbons (Fsp3) is 0.294. The van der Waals surface area contributed by atoms with Gasteiger partial charge in [0.05, 0.1) is 17.1 Å². The monoisotopic (exact) mass is 347 g/mol. The summed E-state index contributed by atoms with van der Waals surface area (Å²) in [6.45, 7) is 5.01. The lowest BCUT2D eigenvalue weighted by atomic mass is 10.2. The number of carbonyl (C=O) groups excluding carboxylic acids is 1. The predicted octanol–water partition coefficient (Wildman–Crippen LogP) is 2.04. The first-order valence-electron chi connectivity index (χ1n) is 7.76. The maximum absolute atomic E-state index is 12.4. The quantitative estimate of drug-likeness (QED) is 0.831. The van der Waals surface area contributed by atoms with Crippen molar-refractivity contribution in [1.82, 2.24) is 14.6 Å². The Balaban J connectivity index is 2.19. The van der Waals surface area contributed by atoms with Crippen LogP contribution < -0.4 is 4.72 Å². The second-order valence-electron chi connectivity index (χ2n) is 5.15. The van der Waals surface area contributed by atoms with Crippen LogP contribution in [0.3, 0.4) is 0 Å². The molecule has 0 aliphatic heterocycles. The van der Waals surface area contributed by atoms with Crippen LogP contribution in [0.15, 0.2) is 53.6 Å². The summed E-state index contributed by atoms with van der Waals surface area (Å²) in [5.74, 6) is -0.179. The summed E-state index contributed by atoms with van der Waals surface area (Å²) in [6.07, 6.45) is 1.60. The molecule has 7 heteroatoms. The van der Waals surface area contributed by atoms with Crippen LogP contribution in [0.1, 0.15) is 29.9 Å². The molecule has 0 aliphatic carbocycles. The molecule has 0 aliphatic rings. The van der Waals surface area contributed by atoms with Crippen molar-refractivity contribution in [3.63, 3.8) is 0 Å². The number of hydrogen-bond acceptors (Lipinski definition) is 4. The van der Waals surface area contributed by atoms with Crippen molar-refractivity contribution in [1.29, 1.82) is 0 Å². The van der Waals surface area contributed by atoms with Crippen molar-refractivity contribution in [3.05, 3.63) is 59.9 Å². The lowest BCUT2D eigenvalue weighted by Gasteiger charge is -2.19. The van der Waals surface area contributed by atoms with E-state index in [9.17, 15) is 13.2 Å². The number of nitrogens with zero attached hydrogens (tertiary/aromatic N) is 2. The number of amides is 1. The zero-order valence-electron chi connectivity index (χ0n) is 13.8. The van der Waals surface area contributed by atoms with Gasteiger partial charge in [-0.1, -0.05) is 12.1 Å². The summed E-state index contributed by atoms with van der Waals surface area (Å²) in [5, 5.41) is 0. The highest BCUT2D eigenvalue weighted by atomic mass is 32.2. The second-order valence-corrected chi connectivity index (χ2v) is 6.92. The van der Waals surface area contributed by atoms with Crippen molar-refractivity contribution in [3.8, 4) is 0 Å². The molecule has 6 nitrogen and oxygen atoms in total. The normalized spacial score (nSPS) is 11.2. The van der Waals surface area contributed by atoms with Gasteiger partial charge in [-0.25, -0.2) is 13.1 Å². The van der Waals surface area contributed by atoms with Crippen LogP contribution in [0.25, 0.3) is 0 Å². The van der Waals surface area contributed by atoms with Gasteiger partial charge >= 0.3 is 0 Å². The van der Waals surface area contributed by atoms with Crippen molar-refractivity contribution in [2.24, 2.45) is 0 Å². The average molecular weight is 347 g/mol. The zero-order valence-corrected chi connectivity index (χ0v) is 14.6. The van der Waals surface area contributed by atoms with Gasteiger partial charge in [0, 0.05) is 24.8 Å². The molecule has 24 heavy (non-hydrogen) atoms. The number of rotatable bonds is 7. The van der Waals surface area contributed by atoms with Crippen molar-refractivity contribution in [2.45, 2.75) is 25.3 Å². The smallest absolute Gasteiger partial charge is 0.253 e. The molecule has 2 aromatic rings. The maximum Gasteiger partial charge on any atom is 0.253 e. The highest BCUT2D eigenvalue weighted by molar-refractivity contribution is 7.89. The third-order valence-corrected chi connectivity index (χ3v) is 5.01. The molecule has 0 saturated carbocycles. The van der Waals surface area contributed by atoms with Crippen LogP contribution in [0.4, 0.5) is 0 Å². The topological polar surface area (TPSA) is 79.4 Å². The first-order chi connectivity index (χ1) is 11.5. The Morgan fingerprint density at radius 1 is 1.12 bits per heavy atom. The number of nitrogens with one attached hydrogen (secondary N) is 1. The molecular formula is C17H21N3O3S. The number of aromatic nitrogens is 1. The molecule has 1 heterocycles. The van der Waals surface area contributed by atoms with E-state index in [1.165, 1.54) is 12.1 Å². The summed E-state index contributed by atoms with van der Waals surface area (Å²) in [7, 11) is -3.71. The Labute approximate surface area is 142 Å². The van der Waals surface area contributed by atoms with Gasteiger partial charge in [0.15, 0.2) is 0 Å². The molecule has 2 rings (SSSR count). The highest BCUT2D eigenvalue weighted by Crippen LogP contribution is 2.14. The Morgan fingerprint density at radius 3 is 2.50 bits per heavy atom. The van der Waals surface area contributed by atoms with E-state index < -0.39 is 10.0 Å². The maximum atomic E-state index is 12.4. The van der Waals surface area contributed by atoms with Gasteiger partial charge in [0.25, 0.3) is 5.91 Å². The first kappa shape index (κ1) is 18.1. The molecule has 0 atom stereocenters. The van der Waals surface area contributed by atoms with E-state index in [2.05, 4.69) is 9.71 Å². The van der Waals surface area contributed by atoms with Gasteiger partial charge in [-0.3, -0.25) is 9.78 Å². The SMILES string of the molecule is CCN(CC)C(=O)c1cccc(S(=O)(=O)NCc2ccccn2)c1. The molecule has 0 unspecified atom stereocenters. The lowest BCUT2D eigenvalue weighted by molar-refractivity contribution is 0.0772. The molecule has 128 valence electrons. The van der Waals surface area contributed by atoms with Crippen LogP contribution in [-0.4, -0.2) is 37.3 Å². The number of pyridine rings is 1. The molecule has 0 radical (unpaired) electrons. The fourth-order valence-electron chi connectivity index (χ4n) is 2.24. The third kappa shape index (κ3) is 4.39. The molecule has 1 aromatic carbocycles. The first-order valence-corrected chi connectivity index (χ1v) is 9.25. The van der Waals surface area contributed by atoms with E-state index in [1.54, 1.807) is 41.4 Å². The minimum atomic E-state index is -3.71. The average Bonchev–Trinajstić information content (AvgIpc) is 2.62. The molecule has 1 aromatic heterocycles. The predicted molar refractivity (Wildman–Crippen MR) is 92.0 cm³/mol. The number of benzene rings is 1. The van der Waals surface area contributed by atoms with E-state index in [-0.39, 0.29) is 17.3 Å². The van der Waals surface area contributed by atoms with Crippen LogP contribution in [-0.2, 0) is 16.6 Å². The molecule has 1 N–H and O–H groups in total. The third-order valence-electron chi connectivity index (χ3n) is 3.61. The van der Waals surface area contributed by atoms with Gasteiger partial charge in [-0.05, 0) is 44.2 Å². The van der Waals surface area contributed by atoms with E-state index in [0.29, 0.717) is 24.3 Å². The van der Waals surface area contributed by atoms with Crippen molar-refractivity contribution >= 4 is 15.9 Å². The highest BCUT2D eigenvalue weighted by Gasteiger charge is 2.18. The van der Waals surface area contributed by atoms with Gasteiger partial charge < -0.3 is 4.90 Å². The Kier molecular flexibility index (Phi) is 6.05. The Hall–Kier alpha value is -2.25. The van der Waals surface area contributed by atoms with Crippen LogP contribution in [0.2, 0.25) is 0 Å².